The first-order valence-corrected chi connectivity index (χ1v) is 6.55. The van der Waals surface area contributed by atoms with E-state index in [0.29, 0.717) is 17.8 Å². The molecule has 2 aliphatic rings. The Labute approximate surface area is 133 Å². The number of nitro groups is 3. The summed E-state index contributed by atoms with van der Waals surface area (Å²) in [5.41, 5.74) is -3.35. The van der Waals surface area contributed by atoms with E-state index in [9.17, 15) is 30.3 Å². The van der Waals surface area contributed by atoms with Gasteiger partial charge in [-0.2, -0.15) is 0 Å². The second-order valence-electron chi connectivity index (χ2n) is 5.03. The quantitative estimate of drug-likeness (QED) is 0.458. The molecular weight excluding hydrogens is 324 g/mol. The van der Waals surface area contributed by atoms with Crippen molar-refractivity contribution in [3.63, 3.8) is 0 Å². The molecule has 0 amide bonds. The summed E-state index contributed by atoms with van der Waals surface area (Å²) in [7, 11) is 1.39. The van der Waals surface area contributed by atoms with E-state index in [1.54, 1.807) is 18.2 Å². The number of allylic oxidation sites excluding steroid dienone is 1. The maximum atomic E-state index is 11.5. The SMILES string of the molecule is CN1c2ccccc2OC12C([N+](=O)[O-])=CC([N+](=O)[O-])=C[C-]2[N+](=O)[O-]. The predicted molar refractivity (Wildman–Crippen MR) is 78.6 cm³/mol. The maximum absolute atomic E-state index is 11.5. The van der Waals surface area contributed by atoms with Gasteiger partial charge in [-0.15, -0.1) is 0 Å². The van der Waals surface area contributed by atoms with Crippen LogP contribution in [-0.4, -0.2) is 27.5 Å². The molecule has 0 saturated heterocycles. The zero-order valence-corrected chi connectivity index (χ0v) is 12.1. The summed E-state index contributed by atoms with van der Waals surface area (Å²) in [6.07, 6.45) is 1.35. The molecule has 3 rings (SSSR count). The lowest BCUT2D eigenvalue weighted by molar-refractivity contribution is -0.500. The van der Waals surface area contributed by atoms with Crippen LogP contribution in [0, 0.1) is 36.4 Å². The van der Waals surface area contributed by atoms with Gasteiger partial charge in [0, 0.05) is 13.1 Å². The van der Waals surface area contributed by atoms with E-state index < -0.39 is 37.9 Å². The summed E-state index contributed by atoms with van der Waals surface area (Å²) >= 11 is 0. The summed E-state index contributed by atoms with van der Waals surface area (Å²) in [6, 6.07) is 5.52. The first-order valence-electron chi connectivity index (χ1n) is 6.55. The average molecular weight is 333 g/mol. The second-order valence-corrected chi connectivity index (χ2v) is 5.03. The molecule has 0 bridgehead atoms. The number of likely N-dealkylation sites (N-methyl/N-ethyl adjacent to an activating group) is 1. The van der Waals surface area contributed by atoms with Crippen molar-refractivity contribution in [1.82, 2.24) is 0 Å². The van der Waals surface area contributed by atoms with Gasteiger partial charge >= 0.3 is 0 Å². The Morgan fingerprint density at radius 1 is 1.12 bits per heavy atom. The number of para-hydroxylation sites is 2. The van der Waals surface area contributed by atoms with Gasteiger partial charge in [-0.1, -0.05) is 18.2 Å². The number of hydrogen-bond acceptors (Lipinski definition) is 8. The van der Waals surface area contributed by atoms with Gasteiger partial charge < -0.3 is 9.64 Å². The molecule has 0 fully saturated rings. The van der Waals surface area contributed by atoms with Crippen LogP contribution in [0.5, 0.6) is 5.75 Å². The number of ether oxygens (including phenoxy) is 1. The topological polar surface area (TPSA) is 142 Å². The molecular formula is C13H9N4O7-. The molecule has 124 valence electrons. The fraction of sp³-hybridized carbons (Fsp3) is 0.154. The highest BCUT2D eigenvalue weighted by molar-refractivity contribution is 5.67. The molecule has 11 heteroatoms. The first-order chi connectivity index (χ1) is 11.3. The van der Waals surface area contributed by atoms with Crippen LogP contribution in [0.2, 0.25) is 0 Å². The zero-order valence-electron chi connectivity index (χ0n) is 12.1. The molecule has 1 aromatic rings. The highest BCUT2D eigenvalue weighted by atomic mass is 16.7. The van der Waals surface area contributed by atoms with E-state index >= 15 is 0 Å². The lowest BCUT2D eigenvalue weighted by Gasteiger charge is -2.39. The second kappa shape index (κ2) is 4.94. The minimum Gasteiger partial charge on any atom is -0.460 e. The molecule has 0 aromatic heterocycles. The molecule has 0 radical (unpaired) electrons. The zero-order chi connectivity index (χ0) is 17.6. The molecule has 1 spiro atoms. The Kier molecular flexibility index (Phi) is 3.14. The number of fused-ring (bicyclic) bond motifs is 1. The molecule has 24 heavy (non-hydrogen) atoms. The molecule has 0 saturated carbocycles. The third-order valence-corrected chi connectivity index (χ3v) is 3.82. The lowest BCUT2D eigenvalue weighted by atomic mass is 9.92. The van der Waals surface area contributed by atoms with Gasteiger partial charge in [0.05, 0.1) is 10.6 Å². The molecule has 1 aliphatic heterocycles. The summed E-state index contributed by atoms with van der Waals surface area (Å²) in [4.78, 5) is 32.4. The standard InChI is InChI=1S/C13H9N4O7/c1-14-9-4-2-3-5-10(9)24-13(14)11(16(20)21)6-8(15(18)19)7-12(13)17(22)23/h2-7H,1H3/q-1. The van der Waals surface area contributed by atoms with E-state index in [4.69, 9.17) is 4.74 Å². The third-order valence-electron chi connectivity index (χ3n) is 3.82. The molecule has 1 aliphatic carbocycles. The van der Waals surface area contributed by atoms with Gasteiger partial charge in [0.25, 0.3) is 11.4 Å². The van der Waals surface area contributed by atoms with E-state index in [-0.39, 0.29) is 5.75 Å². The first kappa shape index (κ1) is 15.3. The van der Waals surface area contributed by atoms with Crippen LogP contribution in [0.4, 0.5) is 5.69 Å². The monoisotopic (exact) mass is 333 g/mol. The number of hydrogen-bond donors (Lipinski definition) is 0. The molecule has 1 atom stereocenters. The molecule has 1 heterocycles. The van der Waals surface area contributed by atoms with Crippen LogP contribution in [0.25, 0.3) is 0 Å². The van der Waals surface area contributed by atoms with Crippen molar-refractivity contribution in [3.05, 3.63) is 84.2 Å². The van der Waals surface area contributed by atoms with E-state index in [2.05, 4.69) is 0 Å². The van der Waals surface area contributed by atoms with Crippen molar-refractivity contribution in [3.8, 4) is 5.75 Å². The molecule has 1 unspecified atom stereocenters. The van der Waals surface area contributed by atoms with Crippen molar-refractivity contribution in [2.45, 2.75) is 5.72 Å². The van der Waals surface area contributed by atoms with Crippen LogP contribution in [0.15, 0.2) is 47.8 Å². The van der Waals surface area contributed by atoms with E-state index in [1.165, 1.54) is 18.0 Å². The van der Waals surface area contributed by atoms with E-state index in [0.717, 1.165) is 0 Å². The van der Waals surface area contributed by atoms with Crippen LogP contribution in [-0.2, 0) is 0 Å². The van der Waals surface area contributed by atoms with Crippen LogP contribution >= 0.6 is 0 Å². The van der Waals surface area contributed by atoms with Crippen LogP contribution in [0.1, 0.15) is 0 Å². The number of anilines is 1. The van der Waals surface area contributed by atoms with Gasteiger partial charge in [0.15, 0.2) is 6.04 Å². The third kappa shape index (κ3) is 1.87. The van der Waals surface area contributed by atoms with E-state index in [1.807, 2.05) is 0 Å². The smallest absolute Gasteiger partial charge is 0.295 e. The van der Waals surface area contributed by atoms with Gasteiger partial charge in [0.1, 0.15) is 11.4 Å². The van der Waals surface area contributed by atoms with Crippen molar-refractivity contribution in [1.29, 1.82) is 0 Å². The van der Waals surface area contributed by atoms with Gasteiger partial charge in [-0.05, 0) is 22.0 Å². The number of rotatable bonds is 3. The normalized spacial score (nSPS) is 21.7. The minimum absolute atomic E-state index is 0.199. The Morgan fingerprint density at radius 3 is 2.33 bits per heavy atom. The average Bonchev–Trinajstić information content (AvgIpc) is 2.80. The summed E-state index contributed by atoms with van der Waals surface area (Å²) in [6.45, 7) is 0. The van der Waals surface area contributed by atoms with Gasteiger partial charge in [-0.3, -0.25) is 30.3 Å². The lowest BCUT2D eigenvalue weighted by Crippen LogP contribution is -2.58. The Hall–Kier alpha value is -3.63. The molecule has 0 N–H and O–H groups in total. The molecule has 1 aromatic carbocycles. The largest absolute Gasteiger partial charge is 0.460 e. The van der Waals surface area contributed by atoms with Gasteiger partial charge in [-0.25, -0.2) is 0 Å². The minimum atomic E-state index is -2.18. The highest BCUT2D eigenvalue weighted by Crippen LogP contribution is 2.51. The Morgan fingerprint density at radius 2 is 1.79 bits per heavy atom. The summed E-state index contributed by atoms with van der Waals surface area (Å²) in [5, 5.41) is 34.0. The molecule has 11 nitrogen and oxygen atoms in total. The summed E-state index contributed by atoms with van der Waals surface area (Å²) < 4.78 is 5.59. The van der Waals surface area contributed by atoms with Crippen molar-refractivity contribution in [2.24, 2.45) is 0 Å². The fourth-order valence-corrected chi connectivity index (χ4v) is 2.77. The van der Waals surface area contributed by atoms with Crippen molar-refractivity contribution < 1.29 is 19.5 Å². The Balaban J connectivity index is 2.25. The number of nitrogens with zero attached hydrogens (tertiary/aromatic N) is 4. The van der Waals surface area contributed by atoms with Crippen LogP contribution < -0.4 is 9.64 Å². The summed E-state index contributed by atoms with van der Waals surface area (Å²) in [5.74, 6) is 0.199. The predicted octanol–water partition coefficient (Wildman–Crippen LogP) is 1.35. The highest BCUT2D eigenvalue weighted by Gasteiger charge is 2.61. The van der Waals surface area contributed by atoms with Gasteiger partial charge in [0.2, 0.25) is 0 Å². The number of benzene rings is 1. The van der Waals surface area contributed by atoms with Crippen LogP contribution in [0.3, 0.4) is 0 Å². The maximum Gasteiger partial charge on any atom is 0.295 e. The fourth-order valence-electron chi connectivity index (χ4n) is 2.77. The Bertz CT molecular complexity index is 833. The van der Waals surface area contributed by atoms with Crippen molar-refractivity contribution in [2.75, 3.05) is 11.9 Å². The van der Waals surface area contributed by atoms with Crippen molar-refractivity contribution >= 4 is 5.69 Å².